The Morgan fingerprint density at radius 3 is 2.11 bits per heavy atom. The fourth-order valence-electron chi connectivity index (χ4n) is 2.50. The summed E-state index contributed by atoms with van der Waals surface area (Å²) in [6.45, 7) is 3.63. The van der Waals surface area contributed by atoms with Gasteiger partial charge in [-0.25, -0.2) is 0 Å². The van der Waals surface area contributed by atoms with Gasteiger partial charge in [0.05, 0.1) is 26.7 Å². The highest BCUT2D eigenvalue weighted by Crippen LogP contribution is 2.20. The summed E-state index contributed by atoms with van der Waals surface area (Å²) >= 11 is 0. The molecule has 2 aromatic carbocycles. The van der Waals surface area contributed by atoms with E-state index in [-0.39, 0.29) is 12.3 Å². The topological polar surface area (TPSA) is 73.9 Å². The van der Waals surface area contributed by atoms with E-state index >= 15 is 0 Å². The molecule has 0 aliphatic heterocycles. The molecular formula is C21H25NO5. The van der Waals surface area contributed by atoms with Crippen molar-refractivity contribution < 1.29 is 23.8 Å². The van der Waals surface area contributed by atoms with Crippen molar-refractivity contribution in [3.63, 3.8) is 0 Å². The van der Waals surface area contributed by atoms with E-state index in [9.17, 15) is 9.59 Å². The van der Waals surface area contributed by atoms with Gasteiger partial charge in [-0.2, -0.15) is 0 Å². The average Bonchev–Trinajstić information content (AvgIpc) is 2.68. The zero-order valence-corrected chi connectivity index (χ0v) is 16.0. The number of carbonyl (C=O) groups excluding carboxylic acids is 2. The molecule has 0 aliphatic rings. The molecule has 6 nitrogen and oxygen atoms in total. The van der Waals surface area contributed by atoms with E-state index in [4.69, 9.17) is 14.2 Å². The zero-order valence-electron chi connectivity index (χ0n) is 16.0. The summed E-state index contributed by atoms with van der Waals surface area (Å²) in [6.07, 6.45) is -0.690. The van der Waals surface area contributed by atoms with Crippen molar-refractivity contribution >= 4 is 11.9 Å². The van der Waals surface area contributed by atoms with Gasteiger partial charge < -0.3 is 19.5 Å². The van der Waals surface area contributed by atoms with Crippen LogP contribution in [-0.2, 0) is 14.3 Å². The minimum atomic E-state index is -0.732. The standard InChI is InChI=1S/C21H25NO5/c1-14-5-7-16(8-6-14)19(13-20(23)26-4)22-21(24)15(2)27-18-11-9-17(25-3)10-12-18/h5-12,15,19H,13H2,1-4H3,(H,22,24). The maximum atomic E-state index is 12.6. The van der Waals surface area contributed by atoms with Gasteiger partial charge in [-0.05, 0) is 43.7 Å². The second-order valence-corrected chi connectivity index (χ2v) is 6.19. The third kappa shape index (κ3) is 6.02. The molecule has 0 bridgehead atoms. The third-order valence-electron chi connectivity index (χ3n) is 4.14. The average molecular weight is 371 g/mol. The van der Waals surface area contributed by atoms with Gasteiger partial charge >= 0.3 is 5.97 Å². The van der Waals surface area contributed by atoms with Crippen LogP contribution in [0.3, 0.4) is 0 Å². The summed E-state index contributed by atoms with van der Waals surface area (Å²) < 4.78 is 15.5. The van der Waals surface area contributed by atoms with Crippen molar-refractivity contribution in [3.05, 3.63) is 59.7 Å². The number of benzene rings is 2. The first-order valence-electron chi connectivity index (χ1n) is 8.67. The fraction of sp³-hybridized carbons (Fsp3) is 0.333. The minimum absolute atomic E-state index is 0.0422. The molecule has 27 heavy (non-hydrogen) atoms. The van der Waals surface area contributed by atoms with Crippen molar-refractivity contribution in [3.8, 4) is 11.5 Å². The van der Waals surface area contributed by atoms with Crippen LogP contribution in [0.15, 0.2) is 48.5 Å². The summed E-state index contributed by atoms with van der Waals surface area (Å²) in [7, 11) is 2.91. The Bertz CT molecular complexity index is 755. The molecule has 144 valence electrons. The normalized spacial score (nSPS) is 12.6. The van der Waals surface area contributed by atoms with Crippen LogP contribution in [0.4, 0.5) is 0 Å². The largest absolute Gasteiger partial charge is 0.497 e. The number of nitrogens with one attached hydrogen (secondary N) is 1. The molecule has 1 N–H and O–H groups in total. The maximum absolute atomic E-state index is 12.6. The van der Waals surface area contributed by atoms with Gasteiger partial charge in [0, 0.05) is 0 Å². The number of esters is 1. The second kappa shape index (κ2) is 9.62. The van der Waals surface area contributed by atoms with Gasteiger partial charge in [0.25, 0.3) is 5.91 Å². The molecule has 0 saturated carbocycles. The molecule has 0 radical (unpaired) electrons. The Balaban J connectivity index is 2.06. The van der Waals surface area contributed by atoms with E-state index in [0.29, 0.717) is 11.5 Å². The maximum Gasteiger partial charge on any atom is 0.307 e. The van der Waals surface area contributed by atoms with Crippen molar-refractivity contribution in [1.82, 2.24) is 5.32 Å². The first-order chi connectivity index (χ1) is 12.9. The van der Waals surface area contributed by atoms with Gasteiger partial charge in [-0.1, -0.05) is 29.8 Å². The number of methoxy groups -OCH3 is 2. The molecule has 2 aromatic rings. The van der Waals surface area contributed by atoms with Crippen molar-refractivity contribution in [1.29, 1.82) is 0 Å². The zero-order chi connectivity index (χ0) is 19.8. The Kier molecular flexibility index (Phi) is 7.23. The summed E-state index contributed by atoms with van der Waals surface area (Å²) in [6, 6.07) is 14.1. The molecule has 0 aliphatic carbocycles. The minimum Gasteiger partial charge on any atom is -0.497 e. The van der Waals surface area contributed by atoms with Crippen LogP contribution >= 0.6 is 0 Å². The van der Waals surface area contributed by atoms with Gasteiger partial charge in [-0.15, -0.1) is 0 Å². The number of amides is 1. The Labute approximate surface area is 159 Å². The molecule has 0 spiro atoms. The lowest BCUT2D eigenvalue weighted by Gasteiger charge is -2.21. The number of ether oxygens (including phenoxy) is 3. The lowest BCUT2D eigenvalue weighted by molar-refractivity contribution is -0.141. The summed E-state index contributed by atoms with van der Waals surface area (Å²) in [5.41, 5.74) is 1.93. The molecular weight excluding hydrogens is 346 g/mol. The predicted molar refractivity (Wildman–Crippen MR) is 102 cm³/mol. The van der Waals surface area contributed by atoms with E-state index in [1.54, 1.807) is 38.3 Å². The van der Waals surface area contributed by atoms with Crippen LogP contribution in [-0.4, -0.2) is 32.2 Å². The highest BCUT2D eigenvalue weighted by Gasteiger charge is 2.23. The quantitative estimate of drug-likeness (QED) is 0.722. The van der Waals surface area contributed by atoms with Crippen LogP contribution < -0.4 is 14.8 Å². The molecule has 0 saturated heterocycles. The number of hydrogen-bond acceptors (Lipinski definition) is 5. The number of hydrogen-bond donors (Lipinski definition) is 1. The predicted octanol–water partition coefficient (Wildman–Crippen LogP) is 3.19. The van der Waals surface area contributed by atoms with E-state index < -0.39 is 18.1 Å². The van der Waals surface area contributed by atoms with Crippen LogP contribution in [0.25, 0.3) is 0 Å². The Hall–Kier alpha value is -3.02. The number of rotatable bonds is 8. The van der Waals surface area contributed by atoms with Crippen molar-refractivity contribution in [2.45, 2.75) is 32.4 Å². The van der Waals surface area contributed by atoms with E-state index in [1.165, 1.54) is 7.11 Å². The van der Waals surface area contributed by atoms with E-state index in [0.717, 1.165) is 11.1 Å². The number of carbonyl (C=O) groups is 2. The molecule has 0 aromatic heterocycles. The molecule has 6 heteroatoms. The van der Waals surface area contributed by atoms with Crippen molar-refractivity contribution in [2.75, 3.05) is 14.2 Å². The van der Waals surface area contributed by atoms with Crippen LogP contribution in [0, 0.1) is 6.92 Å². The summed E-state index contributed by atoms with van der Waals surface area (Å²) in [4.78, 5) is 24.3. The molecule has 0 fully saturated rings. The first-order valence-corrected chi connectivity index (χ1v) is 8.67. The molecule has 2 unspecified atom stereocenters. The SMILES string of the molecule is COC(=O)CC(NC(=O)C(C)Oc1ccc(OC)cc1)c1ccc(C)cc1. The number of aryl methyl sites for hydroxylation is 1. The van der Waals surface area contributed by atoms with E-state index in [2.05, 4.69) is 5.32 Å². The molecule has 1 amide bonds. The van der Waals surface area contributed by atoms with Crippen LogP contribution in [0.1, 0.15) is 30.5 Å². The third-order valence-corrected chi connectivity index (χ3v) is 4.14. The van der Waals surface area contributed by atoms with Gasteiger partial charge in [0.1, 0.15) is 11.5 Å². The Morgan fingerprint density at radius 2 is 1.56 bits per heavy atom. The highest BCUT2D eigenvalue weighted by molar-refractivity contribution is 5.82. The van der Waals surface area contributed by atoms with Crippen molar-refractivity contribution in [2.24, 2.45) is 0 Å². The Morgan fingerprint density at radius 1 is 0.963 bits per heavy atom. The first kappa shape index (κ1) is 20.3. The smallest absolute Gasteiger partial charge is 0.307 e. The van der Waals surface area contributed by atoms with Crippen LogP contribution in [0.5, 0.6) is 11.5 Å². The molecule has 0 heterocycles. The molecule has 2 rings (SSSR count). The fourth-order valence-corrected chi connectivity index (χ4v) is 2.50. The lowest BCUT2D eigenvalue weighted by atomic mass is 10.0. The molecule has 2 atom stereocenters. The van der Waals surface area contributed by atoms with Crippen LogP contribution in [0.2, 0.25) is 0 Å². The second-order valence-electron chi connectivity index (χ2n) is 6.19. The summed E-state index contributed by atoms with van der Waals surface area (Å²) in [5, 5.41) is 2.87. The van der Waals surface area contributed by atoms with Gasteiger partial charge in [0.2, 0.25) is 0 Å². The van der Waals surface area contributed by atoms with E-state index in [1.807, 2.05) is 31.2 Å². The monoisotopic (exact) mass is 371 g/mol. The summed E-state index contributed by atoms with van der Waals surface area (Å²) in [5.74, 6) is 0.542. The van der Waals surface area contributed by atoms with Gasteiger partial charge in [0.15, 0.2) is 6.10 Å². The van der Waals surface area contributed by atoms with Gasteiger partial charge in [-0.3, -0.25) is 9.59 Å². The lowest BCUT2D eigenvalue weighted by Crippen LogP contribution is -2.39. The highest BCUT2D eigenvalue weighted by atomic mass is 16.5.